The summed E-state index contributed by atoms with van der Waals surface area (Å²) < 4.78 is 33.8. The lowest BCUT2D eigenvalue weighted by Crippen LogP contribution is -2.19. The highest BCUT2D eigenvalue weighted by Gasteiger charge is 2.25. The third kappa shape index (κ3) is 7.13. The molecule has 0 spiro atoms. The molecule has 0 fully saturated rings. The van der Waals surface area contributed by atoms with E-state index in [0.717, 1.165) is 75.2 Å². The summed E-state index contributed by atoms with van der Waals surface area (Å²) in [7, 11) is 0. The number of pyridine rings is 2. The first-order valence-electron chi connectivity index (χ1n) is 19.0. The Morgan fingerprint density at radius 1 is 0.678 bits per heavy atom. The van der Waals surface area contributed by atoms with Gasteiger partial charge in [0.1, 0.15) is 29.3 Å². The number of alkyl halides is 1. The third-order valence-electron chi connectivity index (χ3n) is 10.2. The maximum atomic E-state index is 14.7. The van der Waals surface area contributed by atoms with Gasteiger partial charge in [-0.15, -0.1) is 10.2 Å². The maximum Gasteiger partial charge on any atom is 0.257 e. The van der Waals surface area contributed by atoms with Crippen LogP contribution in [0.2, 0.25) is 10.0 Å². The van der Waals surface area contributed by atoms with Crippen LogP contribution in [-0.2, 0) is 13.1 Å². The minimum absolute atomic E-state index is 0.0652. The molecule has 2 aliphatic rings. The largest absolute Gasteiger partial charge is 0.475 e. The normalized spacial score (nSPS) is 14.9. The van der Waals surface area contributed by atoms with Crippen LogP contribution < -0.4 is 20.1 Å². The van der Waals surface area contributed by atoms with Crippen LogP contribution in [0.15, 0.2) is 49.1 Å². The van der Waals surface area contributed by atoms with Gasteiger partial charge in [0.25, 0.3) is 11.8 Å². The standard InChI is InChI=1S/C20H19ClFN7O.C20H20ClN7O/c1-10-4-5-16(11(2)24-10)29-12(3)17-19(27-29)30-9-13(22)7-28-8-15(21)14-6-23-20(25-17)26-18(14)28;1-11-5-6-16(12(2)23-11)28-13(3)17-19(26-28)29-8-4-7-27-10-15(21)14-9-22-20(24-17)25-18(14)27/h4-6,8,13H,7,9H2,1-3H3,(H,23,25,26);5-6,9-10H,4,7-8H2,1-3H3,(H,22,24,25). The lowest BCUT2D eigenvalue weighted by molar-refractivity contribution is 0.175. The smallest absolute Gasteiger partial charge is 0.257 e. The highest BCUT2D eigenvalue weighted by Crippen LogP contribution is 2.36. The quantitative estimate of drug-likeness (QED) is 0.172. The molecular formula is C40H39Cl2FN14O2. The van der Waals surface area contributed by atoms with Crippen LogP contribution in [-0.4, -0.2) is 78.0 Å². The predicted molar refractivity (Wildman–Crippen MR) is 223 cm³/mol. The molecular weight excluding hydrogens is 798 g/mol. The predicted octanol–water partition coefficient (Wildman–Crippen LogP) is 8.18. The Balaban J connectivity index is 0.000000152. The molecule has 2 N–H and O–H groups in total. The van der Waals surface area contributed by atoms with Crippen LogP contribution in [0.4, 0.5) is 27.7 Å². The second-order valence-corrected chi connectivity index (χ2v) is 15.3. The second kappa shape index (κ2) is 15.1. The first-order valence-corrected chi connectivity index (χ1v) is 19.7. The molecule has 4 bridgehead atoms. The number of anilines is 4. The van der Waals surface area contributed by atoms with Gasteiger partial charge in [-0.3, -0.25) is 9.97 Å². The van der Waals surface area contributed by atoms with Crippen molar-refractivity contribution in [2.45, 2.75) is 67.2 Å². The molecule has 16 nitrogen and oxygen atoms in total. The molecule has 0 amide bonds. The maximum absolute atomic E-state index is 14.7. The molecule has 8 aromatic rings. The van der Waals surface area contributed by atoms with Crippen molar-refractivity contribution in [1.82, 2.24) is 58.6 Å². The molecule has 0 saturated heterocycles. The van der Waals surface area contributed by atoms with Gasteiger partial charge >= 0.3 is 0 Å². The van der Waals surface area contributed by atoms with Gasteiger partial charge < -0.3 is 29.2 Å². The number of nitrogens with one attached hydrogen (secondary N) is 2. The molecule has 1 atom stereocenters. The summed E-state index contributed by atoms with van der Waals surface area (Å²) in [4.78, 5) is 27.1. The number of rotatable bonds is 2. The zero-order valence-corrected chi connectivity index (χ0v) is 34.6. The first-order chi connectivity index (χ1) is 28.4. The Labute approximate surface area is 347 Å². The van der Waals surface area contributed by atoms with Gasteiger partial charge in [0.15, 0.2) is 6.17 Å². The summed E-state index contributed by atoms with van der Waals surface area (Å²) in [6.07, 6.45) is 6.45. The SMILES string of the molecule is Cc1ccc(-n2nc3c(c2C)Nc2ncc4c(Cl)cn(c4n2)CC(F)CO3)c(C)n1.Cc1ccc(-n2nc3c(c2C)Nc2ncc4c(Cl)cn(c4n2)CCCO3)c(C)n1. The van der Waals surface area contributed by atoms with Crippen molar-refractivity contribution < 1.29 is 13.9 Å². The molecule has 0 aromatic carbocycles. The van der Waals surface area contributed by atoms with Crippen LogP contribution in [0.3, 0.4) is 0 Å². The summed E-state index contributed by atoms with van der Waals surface area (Å²) in [5.74, 6) is 1.63. The Morgan fingerprint density at radius 3 is 1.73 bits per heavy atom. The zero-order valence-electron chi connectivity index (χ0n) is 33.0. The van der Waals surface area contributed by atoms with E-state index in [4.69, 9.17) is 37.8 Å². The van der Waals surface area contributed by atoms with Gasteiger partial charge in [-0.1, -0.05) is 23.2 Å². The molecule has 0 radical (unpaired) electrons. The van der Waals surface area contributed by atoms with Crippen molar-refractivity contribution in [3.63, 3.8) is 0 Å². The minimum atomic E-state index is -1.27. The summed E-state index contributed by atoms with van der Waals surface area (Å²) in [6.45, 7) is 12.9. The molecule has 0 aliphatic carbocycles. The van der Waals surface area contributed by atoms with Crippen molar-refractivity contribution in [3.8, 4) is 23.1 Å². The number of hydrogen-bond donors (Lipinski definition) is 2. The van der Waals surface area contributed by atoms with E-state index in [0.29, 0.717) is 51.1 Å². The number of hydrogen-bond acceptors (Lipinski definition) is 12. The van der Waals surface area contributed by atoms with Crippen LogP contribution in [0.1, 0.15) is 40.6 Å². The average molecular weight is 838 g/mol. The average Bonchev–Trinajstić information content (AvgIpc) is 3.89. The van der Waals surface area contributed by atoms with Crippen molar-refractivity contribution in [2.24, 2.45) is 0 Å². The van der Waals surface area contributed by atoms with Gasteiger partial charge in [-0.2, -0.15) is 9.97 Å². The molecule has 10 heterocycles. The van der Waals surface area contributed by atoms with E-state index < -0.39 is 6.17 Å². The van der Waals surface area contributed by atoms with Crippen molar-refractivity contribution in [2.75, 3.05) is 23.8 Å². The molecule has 2 aliphatic heterocycles. The fourth-order valence-corrected chi connectivity index (χ4v) is 7.77. The van der Waals surface area contributed by atoms with E-state index in [2.05, 4.69) is 45.6 Å². The molecule has 59 heavy (non-hydrogen) atoms. The molecule has 302 valence electrons. The monoisotopic (exact) mass is 836 g/mol. The number of aromatic nitrogens is 12. The highest BCUT2D eigenvalue weighted by molar-refractivity contribution is 6.35. The second-order valence-electron chi connectivity index (χ2n) is 14.5. The summed E-state index contributed by atoms with van der Waals surface area (Å²) in [5.41, 5.74) is 9.70. The number of halogens is 3. The molecule has 10 rings (SSSR count). The summed E-state index contributed by atoms with van der Waals surface area (Å²) >= 11 is 12.6. The number of nitrogens with zero attached hydrogens (tertiary/aromatic N) is 12. The van der Waals surface area contributed by atoms with Crippen LogP contribution in [0.5, 0.6) is 11.8 Å². The molecule has 1 unspecified atom stereocenters. The Bertz CT molecular complexity index is 2920. The Hall–Kier alpha value is -6.33. The fourth-order valence-electron chi connectivity index (χ4n) is 7.27. The van der Waals surface area contributed by atoms with Crippen molar-refractivity contribution in [1.29, 1.82) is 0 Å². The van der Waals surface area contributed by atoms with Gasteiger partial charge in [0, 0.05) is 42.7 Å². The topological polar surface area (TPSA) is 165 Å². The van der Waals surface area contributed by atoms with E-state index in [1.165, 1.54) is 0 Å². The van der Waals surface area contributed by atoms with Crippen LogP contribution >= 0.6 is 23.2 Å². The molecule has 19 heteroatoms. The zero-order chi connectivity index (χ0) is 41.1. The van der Waals surface area contributed by atoms with Gasteiger partial charge in [0.05, 0.1) is 68.1 Å². The summed E-state index contributed by atoms with van der Waals surface area (Å²) in [6, 6.07) is 7.86. The lowest BCUT2D eigenvalue weighted by atomic mass is 10.2. The van der Waals surface area contributed by atoms with Gasteiger partial charge in [-0.05, 0) is 72.2 Å². The van der Waals surface area contributed by atoms with Crippen molar-refractivity contribution in [3.05, 3.63) is 93.3 Å². The minimum Gasteiger partial charge on any atom is -0.475 e. The number of fused-ring (bicyclic) bond motifs is 4. The van der Waals surface area contributed by atoms with Gasteiger partial charge in [0.2, 0.25) is 11.9 Å². The Kier molecular flexibility index (Phi) is 9.79. The van der Waals surface area contributed by atoms with E-state index >= 15 is 0 Å². The number of aryl methyl sites for hydroxylation is 5. The van der Waals surface area contributed by atoms with E-state index in [1.807, 2.05) is 81.3 Å². The third-order valence-corrected chi connectivity index (χ3v) is 10.8. The Morgan fingerprint density at radius 2 is 1.19 bits per heavy atom. The first kappa shape index (κ1) is 38.2. The molecule has 0 saturated carbocycles. The van der Waals surface area contributed by atoms with Crippen molar-refractivity contribution >= 4 is 68.5 Å². The number of ether oxygens (including phenoxy) is 2. The van der Waals surface area contributed by atoms with E-state index in [1.54, 1.807) is 27.8 Å². The van der Waals surface area contributed by atoms with Crippen LogP contribution in [0, 0.1) is 41.5 Å². The van der Waals surface area contributed by atoms with Gasteiger partial charge in [-0.25, -0.2) is 23.7 Å². The lowest BCUT2D eigenvalue weighted by Gasteiger charge is -2.10. The van der Waals surface area contributed by atoms with Crippen LogP contribution in [0.25, 0.3) is 33.4 Å². The highest BCUT2D eigenvalue weighted by atomic mass is 35.5. The molecule has 8 aromatic heterocycles. The fraction of sp³-hybridized carbons (Fsp3) is 0.300. The van der Waals surface area contributed by atoms with E-state index in [9.17, 15) is 4.39 Å². The summed E-state index contributed by atoms with van der Waals surface area (Å²) in [5, 5.41) is 18.4. The van der Waals surface area contributed by atoms with E-state index in [-0.39, 0.29) is 19.0 Å².